The Kier molecular flexibility index (Phi) is 6.91. The molecule has 1 N–H and O–H groups in total. The molecule has 0 heterocycles. The molecule has 1 heteroatoms. The van der Waals surface area contributed by atoms with E-state index in [-0.39, 0.29) is 6.61 Å². The molecule has 0 saturated carbocycles. The summed E-state index contributed by atoms with van der Waals surface area (Å²) in [4.78, 5) is 0. The second-order valence-corrected chi connectivity index (χ2v) is 6.67. The molecule has 1 nitrogen and oxygen atoms in total. The molecule has 0 bridgehead atoms. The number of allylic oxidation sites excluding steroid dienone is 9. The van der Waals surface area contributed by atoms with Crippen LogP contribution in [-0.2, 0) is 0 Å². The molecule has 1 aliphatic carbocycles. The van der Waals surface area contributed by atoms with Gasteiger partial charge in [0.1, 0.15) is 0 Å². The lowest BCUT2D eigenvalue weighted by Crippen LogP contribution is -2.19. The van der Waals surface area contributed by atoms with Gasteiger partial charge in [-0.1, -0.05) is 67.0 Å². The molecule has 1 aliphatic rings. The van der Waals surface area contributed by atoms with Gasteiger partial charge in [-0.05, 0) is 51.0 Å². The molecular weight excluding hydrogens is 266 g/mol. The molecule has 1 rings (SSSR count). The van der Waals surface area contributed by atoms with Crippen LogP contribution in [0.2, 0.25) is 0 Å². The minimum absolute atomic E-state index is 0.0985. The minimum atomic E-state index is 0.0985. The molecule has 0 aromatic heterocycles. The fraction of sp³-hybridized carbons (Fsp3) is 0.500. The summed E-state index contributed by atoms with van der Waals surface area (Å²) in [6, 6.07) is 0. The van der Waals surface area contributed by atoms with E-state index in [4.69, 9.17) is 5.11 Å². The second kappa shape index (κ2) is 8.19. The molecule has 116 valence electrons. The third-order valence-electron chi connectivity index (χ3n) is 4.19. The minimum Gasteiger partial charge on any atom is -0.392 e. The van der Waals surface area contributed by atoms with Crippen LogP contribution in [-0.4, -0.2) is 11.7 Å². The Labute approximate surface area is 130 Å². The maximum atomic E-state index is 8.81. The lowest BCUT2D eigenvalue weighted by atomic mass is 9.73. The van der Waals surface area contributed by atoms with Crippen molar-refractivity contribution in [1.29, 1.82) is 0 Å². The number of hydrogen-bond donors (Lipinski definition) is 1. The van der Waals surface area contributed by atoms with Crippen molar-refractivity contribution < 1.29 is 5.11 Å². The number of hydrogen-bond acceptors (Lipinski definition) is 1. The van der Waals surface area contributed by atoms with E-state index in [2.05, 4.69) is 45.9 Å². The Bertz CT molecular complexity index is 496. The van der Waals surface area contributed by atoms with Gasteiger partial charge in [0.2, 0.25) is 0 Å². The zero-order valence-corrected chi connectivity index (χ0v) is 14.2. The standard InChI is InChI=1S/C20H30O/c1-16(8-6-9-17(2)13-15-21)11-12-19-18(3)10-7-14-20(19,4)5/h6,8-9,11-13,21H,7,10,14-15H2,1-5H3/b9-6+,12-11+,16-8+,17-13+/i1+1,2+1,6+1,8+1,9+1,11+1,13+1,15+1,16+1,17+1. The molecule has 0 radical (unpaired) electrons. The maximum absolute atomic E-state index is 8.81. The average Bonchev–Trinajstić information content (AvgIpc) is 2.37. The highest BCUT2D eigenvalue weighted by molar-refractivity contribution is 5.37. The number of aliphatic hydroxyl groups excluding tert-OH is 1. The van der Waals surface area contributed by atoms with Crippen LogP contribution >= 0.6 is 0 Å². The topological polar surface area (TPSA) is 20.2 Å². The molecular formula is C20H30O. The maximum Gasteiger partial charge on any atom is 0.0617 e. The van der Waals surface area contributed by atoms with Gasteiger partial charge in [0.25, 0.3) is 0 Å². The van der Waals surface area contributed by atoms with E-state index in [0.717, 1.165) is 5.57 Å². The van der Waals surface area contributed by atoms with E-state index in [0.29, 0.717) is 5.41 Å². The van der Waals surface area contributed by atoms with E-state index in [1.807, 2.05) is 19.1 Å². The highest BCUT2D eigenvalue weighted by Gasteiger charge is 2.26. The summed E-state index contributed by atoms with van der Waals surface area (Å²) in [5, 5.41) is 8.81. The van der Waals surface area contributed by atoms with E-state index in [1.165, 1.54) is 36.0 Å². The van der Waals surface area contributed by atoms with Crippen LogP contribution in [0.1, 0.15) is 53.9 Å². The van der Waals surface area contributed by atoms with Gasteiger partial charge in [-0.25, -0.2) is 0 Å². The molecule has 0 aromatic carbocycles. The summed E-state index contributed by atoms with van der Waals surface area (Å²) in [6.07, 6.45) is 16.3. The van der Waals surface area contributed by atoms with Crippen LogP contribution in [0.25, 0.3) is 0 Å². The highest BCUT2D eigenvalue weighted by Crippen LogP contribution is 2.40. The smallest absolute Gasteiger partial charge is 0.0617 e. The molecule has 0 aromatic rings. The molecule has 0 atom stereocenters. The average molecular weight is 296 g/mol. The van der Waals surface area contributed by atoms with Crippen molar-refractivity contribution in [1.82, 2.24) is 0 Å². The van der Waals surface area contributed by atoms with Gasteiger partial charge in [0.05, 0.1) is 6.61 Å². The van der Waals surface area contributed by atoms with Crippen molar-refractivity contribution in [3.63, 3.8) is 0 Å². The fourth-order valence-electron chi connectivity index (χ4n) is 2.84. The summed E-state index contributed by atoms with van der Waals surface area (Å²) < 4.78 is 0. The summed E-state index contributed by atoms with van der Waals surface area (Å²) in [5.74, 6) is 0. The van der Waals surface area contributed by atoms with Crippen LogP contribution in [0.4, 0.5) is 0 Å². The fourth-order valence-corrected chi connectivity index (χ4v) is 2.84. The predicted octanol–water partition coefficient (Wildman–Crippen LogP) is 5.51. The van der Waals surface area contributed by atoms with E-state index in [9.17, 15) is 0 Å². The number of aliphatic hydroxyl groups is 1. The van der Waals surface area contributed by atoms with Crippen molar-refractivity contribution >= 4 is 0 Å². The third-order valence-corrected chi connectivity index (χ3v) is 4.19. The van der Waals surface area contributed by atoms with E-state index < -0.39 is 0 Å². The van der Waals surface area contributed by atoms with Crippen molar-refractivity contribution in [2.75, 3.05) is 6.61 Å². The monoisotopic (exact) mass is 296 g/mol. The second-order valence-electron chi connectivity index (χ2n) is 6.67. The first kappa shape index (κ1) is 17.7. The van der Waals surface area contributed by atoms with Gasteiger partial charge < -0.3 is 5.11 Å². The molecule has 0 saturated heterocycles. The molecule has 0 spiro atoms. The van der Waals surface area contributed by atoms with Crippen LogP contribution < -0.4 is 0 Å². The van der Waals surface area contributed by atoms with Crippen LogP contribution in [0.15, 0.2) is 58.7 Å². The lowest BCUT2D eigenvalue weighted by molar-refractivity contribution is 0.342. The van der Waals surface area contributed by atoms with Crippen molar-refractivity contribution in [3.8, 4) is 0 Å². The first-order chi connectivity index (χ1) is 9.86. The quantitative estimate of drug-likeness (QED) is 0.524. The molecule has 0 unspecified atom stereocenters. The zero-order valence-electron chi connectivity index (χ0n) is 14.2. The Morgan fingerprint density at radius 1 is 1.19 bits per heavy atom. The number of rotatable bonds is 5. The molecule has 0 fully saturated rings. The largest absolute Gasteiger partial charge is 0.392 e. The van der Waals surface area contributed by atoms with Crippen LogP contribution in [0.5, 0.6) is 0 Å². The van der Waals surface area contributed by atoms with Gasteiger partial charge in [-0.15, -0.1) is 0 Å². The van der Waals surface area contributed by atoms with E-state index in [1.54, 1.807) is 6.08 Å². The third kappa shape index (κ3) is 5.89. The first-order valence-corrected chi connectivity index (χ1v) is 7.87. The van der Waals surface area contributed by atoms with Crippen molar-refractivity contribution in [2.24, 2.45) is 5.41 Å². The van der Waals surface area contributed by atoms with Crippen LogP contribution in [0.3, 0.4) is 0 Å². The van der Waals surface area contributed by atoms with Gasteiger partial charge in [0, 0.05) is 0 Å². The van der Waals surface area contributed by atoms with Crippen LogP contribution in [0, 0.1) is 5.41 Å². The SMILES string of the molecule is CC1=C(/C=[13CH]/[13C]([13CH3])=[13CH]/[13CH]=[13CH]/[13C]([13CH3])=[13CH]/[13CH2]O)C(C)(C)CCC1. The Morgan fingerprint density at radius 3 is 2.52 bits per heavy atom. The normalized spacial score (nSPS) is 20.9. The highest BCUT2D eigenvalue weighted by atomic mass is 16.3. The molecule has 0 aliphatic heterocycles. The molecule has 0 amide bonds. The predicted molar refractivity (Wildman–Crippen MR) is 93.2 cm³/mol. The Balaban J connectivity index is 2.78. The Hall–Kier alpha value is -1.34. The van der Waals surface area contributed by atoms with Gasteiger partial charge in [0.15, 0.2) is 0 Å². The lowest BCUT2D eigenvalue weighted by Gasteiger charge is -2.32. The van der Waals surface area contributed by atoms with Gasteiger partial charge >= 0.3 is 0 Å². The first-order valence-electron chi connectivity index (χ1n) is 7.87. The summed E-state index contributed by atoms with van der Waals surface area (Å²) in [5.41, 5.74) is 5.66. The Morgan fingerprint density at radius 2 is 1.90 bits per heavy atom. The summed E-state index contributed by atoms with van der Waals surface area (Å²) in [6.45, 7) is 11.2. The zero-order chi connectivity index (χ0) is 15.9. The molecule has 21 heavy (non-hydrogen) atoms. The van der Waals surface area contributed by atoms with Gasteiger partial charge in [-0.3, -0.25) is 0 Å². The van der Waals surface area contributed by atoms with Crippen molar-refractivity contribution in [2.45, 2.75) is 53.9 Å². The summed E-state index contributed by atoms with van der Waals surface area (Å²) >= 11 is 0. The summed E-state index contributed by atoms with van der Waals surface area (Å²) in [7, 11) is 0. The van der Waals surface area contributed by atoms with E-state index >= 15 is 0 Å². The van der Waals surface area contributed by atoms with Gasteiger partial charge in [-0.2, -0.15) is 0 Å². The van der Waals surface area contributed by atoms with Crippen molar-refractivity contribution in [3.05, 3.63) is 58.7 Å².